The van der Waals surface area contributed by atoms with Crippen LogP contribution in [0.25, 0.3) is 0 Å². The third-order valence-electron chi connectivity index (χ3n) is 2.96. The van der Waals surface area contributed by atoms with Gasteiger partial charge in [0, 0.05) is 11.5 Å². The maximum absolute atomic E-state index is 13.5. The molecule has 1 N–H and O–H groups in total. The molecule has 0 fully saturated rings. The molecule has 9 heteroatoms. The van der Waals surface area contributed by atoms with Crippen LogP contribution < -0.4 is 4.52 Å². The molecule has 0 aliphatic carbocycles. The minimum absolute atomic E-state index is 0.135. The molecule has 1 atom stereocenters. The molecule has 2 aromatic carbocycles. The fourth-order valence-electron chi connectivity index (χ4n) is 1.78. The van der Waals surface area contributed by atoms with E-state index in [1.807, 2.05) is 0 Å². The van der Waals surface area contributed by atoms with Crippen LogP contribution in [0, 0.1) is 5.82 Å². The van der Waals surface area contributed by atoms with Crippen LogP contribution in [-0.2, 0) is 16.1 Å². The van der Waals surface area contributed by atoms with Gasteiger partial charge in [-0.3, -0.25) is 0 Å². The second-order valence-electron chi connectivity index (χ2n) is 4.78. The molecule has 0 radical (unpaired) electrons. The molecular weight excluding hydrogens is 428 g/mol. The first-order chi connectivity index (χ1) is 11.3. The van der Waals surface area contributed by atoms with Crippen LogP contribution in [0.15, 0.2) is 46.9 Å². The fraction of sp³-hybridized carbons (Fsp3) is 0.200. The second kappa shape index (κ2) is 8.43. The Morgan fingerprint density at radius 1 is 1.21 bits per heavy atom. The van der Waals surface area contributed by atoms with Crippen molar-refractivity contribution in [2.24, 2.45) is 0 Å². The highest BCUT2D eigenvalue weighted by Crippen LogP contribution is 2.50. The molecule has 2 aromatic rings. The summed E-state index contributed by atoms with van der Waals surface area (Å²) in [6.07, 6.45) is -3.47. The van der Waals surface area contributed by atoms with Crippen LogP contribution in [0.4, 0.5) is 13.2 Å². The van der Waals surface area contributed by atoms with Gasteiger partial charge in [-0.15, -0.1) is 0 Å². The quantitative estimate of drug-likeness (QED) is 0.552. The molecule has 24 heavy (non-hydrogen) atoms. The van der Waals surface area contributed by atoms with E-state index in [1.54, 1.807) is 30.3 Å². The van der Waals surface area contributed by atoms with Crippen molar-refractivity contribution in [1.29, 1.82) is 0 Å². The number of rotatable bonds is 7. The first-order valence-electron chi connectivity index (χ1n) is 6.69. The zero-order valence-corrected chi connectivity index (χ0v) is 15.5. The van der Waals surface area contributed by atoms with Crippen molar-refractivity contribution in [1.82, 2.24) is 0 Å². The van der Waals surface area contributed by atoms with E-state index in [9.17, 15) is 17.7 Å². The maximum Gasteiger partial charge on any atom is 0.442 e. The molecule has 0 aromatic heterocycles. The van der Waals surface area contributed by atoms with E-state index in [2.05, 4.69) is 20.5 Å². The van der Waals surface area contributed by atoms with Crippen LogP contribution in [-0.4, -0.2) is 11.1 Å². The minimum atomic E-state index is -5.01. The summed E-state index contributed by atoms with van der Waals surface area (Å²) in [5.41, 5.74) is 1.43. The summed E-state index contributed by atoms with van der Waals surface area (Å²) in [4.78, 5) is 9.06. The molecule has 0 bridgehead atoms. The van der Waals surface area contributed by atoms with Crippen molar-refractivity contribution in [2.75, 3.05) is 0 Å². The number of hydrogen-bond acceptors (Lipinski definition) is 3. The van der Waals surface area contributed by atoms with Gasteiger partial charge in [0.25, 0.3) is 0 Å². The lowest BCUT2D eigenvalue weighted by Gasteiger charge is -2.14. The summed E-state index contributed by atoms with van der Waals surface area (Å²) in [5, 5.41) is 0. The summed E-state index contributed by atoms with van der Waals surface area (Å²) in [7, 11) is -5.01. The molecule has 130 valence electrons. The highest BCUT2D eigenvalue weighted by atomic mass is 79.9. The number of benzene rings is 2. The Hall–Kier alpha value is -0.950. The van der Waals surface area contributed by atoms with Gasteiger partial charge in [0.2, 0.25) is 0 Å². The van der Waals surface area contributed by atoms with E-state index < -0.39 is 13.8 Å². The zero-order valence-electron chi connectivity index (χ0n) is 12.2. The first-order valence-corrected chi connectivity index (χ1v) is 10.3. The summed E-state index contributed by atoms with van der Waals surface area (Å²) >= 11 is 4.61. The zero-order chi connectivity index (χ0) is 17.7. The first kappa shape index (κ1) is 19.4. The molecule has 0 spiro atoms. The normalized spacial score (nSPS) is 13.8. The molecule has 2 rings (SSSR count). The van der Waals surface area contributed by atoms with Crippen molar-refractivity contribution in [2.45, 2.75) is 17.7 Å². The molecule has 3 nitrogen and oxygen atoms in total. The number of thioether (sulfide) groups is 1. The fourth-order valence-corrected chi connectivity index (χ4v) is 3.91. The highest BCUT2D eigenvalue weighted by molar-refractivity contribution is 9.10. The predicted octanol–water partition coefficient (Wildman–Crippen LogP) is 5.81. The summed E-state index contributed by atoms with van der Waals surface area (Å²) in [6.45, 7) is 0. The third kappa shape index (κ3) is 5.28. The Balaban J connectivity index is 1.97. The molecule has 0 heterocycles. The highest BCUT2D eigenvalue weighted by Gasteiger charge is 2.34. The van der Waals surface area contributed by atoms with E-state index in [1.165, 1.54) is 23.9 Å². The predicted molar refractivity (Wildman–Crippen MR) is 92.0 cm³/mol. The van der Waals surface area contributed by atoms with Crippen LogP contribution in [0.5, 0.6) is 5.75 Å². The Kier molecular flexibility index (Phi) is 6.80. The lowest BCUT2D eigenvalue weighted by atomic mass is 10.2. The monoisotopic (exact) mass is 440 g/mol. The van der Waals surface area contributed by atoms with Gasteiger partial charge in [0.05, 0.1) is 4.47 Å². The Morgan fingerprint density at radius 2 is 1.92 bits per heavy atom. The van der Waals surface area contributed by atoms with Crippen LogP contribution in [0.1, 0.15) is 11.1 Å². The van der Waals surface area contributed by atoms with E-state index in [0.29, 0.717) is 21.5 Å². The van der Waals surface area contributed by atoms with Crippen molar-refractivity contribution >= 4 is 35.3 Å². The van der Waals surface area contributed by atoms with Gasteiger partial charge in [-0.05, 0) is 45.3 Å². The molecule has 0 saturated carbocycles. The SMILES string of the molecule is O=P(O)(Oc1ccc(CSCc2ccccc2F)cc1Br)C(F)F. The summed E-state index contributed by atoms with van der Waals surface area (Å²) in [5.74, 6) is 0.642. The van der Waals surface area contributed by atoms with Gasteiger partial charge in [0.15, 0.2) is 0 Å². The molecule has 0 amide bonds. The number of halogens is 4. The Labute approximate surface area is 149 Å². The largest absolute Gasteiger partial charge is 0.442 e. The van der Waals surface area contributed by atoms with Gasteiger partial charge >= 0.3 is 13.8 Å². The van der Waals surface area contributed by atoms with Crippen molar-refractivity contribution in [3.8, 4) is 5.75 Å². The average molecular weight is 441 g/mol. The Bertz CT molecular complexity index is 760. The molecule has 1 unspecified atom stereocenters. The molecular formula is C15H13BrF3O3PS. The summed E-state index contributed by atoms with van der Waals surface area (Å²) < 4.78 is 54.3. The van der Waals surface area contributed by atoms with Crippen LogP contribution in [0.3, 0.4) is 0 Å². The number of alkyl halides is 2. The molecule has 0 aliphatic rings. The smallest absolute Gasteiger partial charge is 0.420 e. The van der Waals surface area contributed by atoms with Crippen LogP contribution in [0.2, 0.25) is 0 Å². The topological polar surface area (TPSA) is 46.5 Å². The van der Waals surface area contributed by atoms with E-state index >= 15 is 0 Å². The maximum atomic E-state index is 13.5. The summed E-state index contributed by atoms with van der Waals surface area (Å²) in [6, 6.07) is 11.0. The molecule has 0 aliphatic heterocycles. The van der Waals surface area contributed by atoms with Gasteiger partial charge in [0.1, 0.15) is 11.6 Å². The number of hydrogen-bond donors (Lipinski definition) is 1. The van der Waals surface area contributed by atoms with Gasteiger partial charge < -0.3 is 9.42 Å². The van der Waals surface area contributed by atoms with Gasteiger partial charge in [-0.2, -0.15) is 20.5 Å². The lowest BCUT2D eigenvalue weighted by molar-refractivity contribution is 0.188. The van der Waals surface area contributed by atoms with Crippen molar-refractivity contribution in [3.63, 3.8) is 0 Å². The standard InChI is InChI=1S/C15H13BrF3O3PS/c16-12-7-10(5-6-14(12)22-23(20,21)15(18)19)8-24-9-11-3-1-2-4-13(11)17/h1-7,15H,8-9H2,(H,20,21). The van der Waals surface area contributed by atoms with Gasteiger partial charge in [-0.25, -0.2) is 8.96 Å². The third-order valence-corrected chi connectivity index (χ3v) is 5.58. The average Bonchev–Trinajstić information content (AvgIpc) is 2.51. The minimum Gasteiger partial charge on any atom is -0.420 e. The second-order valence-corrected chi connectivity index (χ2v) is 8.32. The van der Waals surface area contributed by atoms with Crippen LogP contribution >= 0.6 is 35.3 Å². The molecule has 0 saturated heterocycles. The van der Waals surface area contributed by atoms with Crippen molar-refractivity contribution in [3.05, 3.63) is 63.9 Å². The van der Waals surface area contributed by atoms with E-state index in [0.717, 1.165) is 5.56 Å². The Morgan fingerprint density at radius 3 is 2.54 bits per heavy atom. The van der Waals surface area contributed by atoms with Crippen molar-refractivity contribution < 1.29 is 27.2 Å². The lowest BCUT2D eigenvalue weighted by Crippen LogP contribution is -2.01. The van der Waals surface area contributed by atoms with E-state index in [-0.39, 0.29) is 11.6 Å². The van der Waals surface area contributed by atoms with E-state index in [4.69, 9.17) is 4.89 Å². The van der Waals surface area contributed by atoms with Gasteiger partial charge in [-0.1, -0.05) is 24.3 Å².